The summed E-state index contributed by atoms with van der Waals surface area (Å²) in [5, 5.41) is 12.1. The third-order valence-electron chi connectivity index (χ3n) is 2.80. The van der Waals surface area contributed by atoms with Crippen LogP contribution in [0.1, 0.15) is 20.3 Å². The molecule has 0 aliphatic carbocycles. The van der Waals surface area contributed by atoms with Crippen molar-refractivity contribution in [2.24, 2.45) is 5.92 Å². The third kappa shape index (κ3) is 2.54. The molecule has 86 valence electrons. The van der Waals surface area contributed by atoms with E-state index in [0.717, 1.165) is 4.90 Å². The van der Waals surface area contributed by atoms with Crippen LogP contribution in [0.15, 0.2) is 0 Å². The number of aliphatic hydroxyl groups excluding tert-OH is 1. The number of amides is 2. The quantitative estimate of drug-likeness (QED) is 0.610. The molecule has 0 aromatic heterocycles. The molecule has 1 aliphatic rings. The van der Waals surface area contributed by atoms with Crippen LogP contribution in [0.4, 0.5) is 0 Å². The molecule has 1 saturated heterocycles. The number of rotatable bonds is 4. The van der Waals surface area contributed by atoms with Crippen molar-refractivity contribution < 1.29 is 14.7 Å². The first-order valence-corrected chi connectivity index (χ1v) is 5.14. The number of hydrogen-bond donors (Lipinski definition) is 2. The number of nitrogens with one attached hydrogen (secondary N) is 1. The van der Waals surface area contributed by atoms with Gasteiger partial charge in [-0.1, -0.05) is 13.8 Å². The predicted octanol–water partition coefficient (Wildman–Crippen LogP) is -0.650. The fraction of sp³-hybridized carbons (Fsp3) is 0.800. The van der Waals surface area contributed by atoms with Crippen LogP contribution in [-0.4, -0.2) is 47.6 Å². The van der Waals surface area contributed by atoms with Crippen LogP contribution in [0.5, 0.6) is 0 Å². The number of likely N-dealkylation sites (tertiary alicyclic amines) is 1. The summed E-state index contributed by atoms with van der Waals surface area (Å²) in [4.78, 5) is 23.9. The van der Waals surface area contributed by atoms with Crippen molar-refractivity contribution in [3.8, 4) is 0 Å². The van der Waals surface area contributed by atoms with Crippen molar-refractivity contribution in [1.82, 2.24) is 10.2 Å². The molecule has 0 radical (unpaired) electrons. The Labute approximate surface area is 89.4 Å². The molecule has 0 aromatic rings. The molecule has 5 nitrogen and oxygen atoms in total. The van der Waals surface area contributed by atoms with Crippen LogP contribution >= 0.6 is 0 Å². The van der Waals surface area contributed by atoms with Gasteiger partial charge in [-0.25, -0.2) is 0 Å². The van der Waals surface area contributed by atoms with Gasteiger partial charge in [-0.3, -0.25) is 14.5 Å². The van der Waals surface area contributed by atoms with Gasteiger partial charge in [0.05, 0.1) is 19.1 Å². The van der Waals surface area contributed by atoms with Gasteiger partial charge in [0.15, 0.2) is 0 Å². The number of imide groups is 1. The van der Waals surface area contributed by atoms with Gasteiger partial charge in [-0.2, -0.15) is 0 Å². The molecule has 0 bridgehead atoms. The van der Waals surface area contributed by atoms with E-state index in [0.29, 0.717) is 0 Å². The predicted molar refractivity (Wildman–Crippen MR) is 55.0 cm³/mol. The Morgan fingerprint density at radius 1 is 1.53 bits per heavy atom. The maximum absolute atomic E-state index is 11.6. The number of aliphatic hydroxyl groups is 1. The topological polar surface area (TPSA) is 69.6 Å². The van der Waals surface area contributed by atoms with E-state index >= 15 is 0 Å². The summed E-state index contributed by atoms with van der Waals surface area (Å²) in [5.74, 6) is -0.152. The normalized spacial score (nSPS) is 24.1. The van der Waals surface area contributed by atoms with Crippen LogP contribution in [0.2, 0.25) is 0 Å². The van der Waals surface area contributed by atoms with Crippen molar-refractivity contribution in [3.63, 3.8) is 0 Å². The average molecular weight is 214 g/mol. The van der Waals surface area contributed by atoms with E-state index in [9.17, 15) is 9.59 Å². The van der Waals surface area contributed by atoms with Crippen LogP contribution in [0, 0.1) is 5.92 Å². The molecule has 2 N–H and O–H groups in total. The van der Waals surface area contributed by atoms with Gasteiger partial charge >= 0.3 is 0 Å². The Hall–Kier alpha value is -0.940. The summed E-state index contributed by atoms with van der Waals surface area (Å²) in [7, 11) is 1.48. The van der Waals surface area contributed by atoms with Gasteiger partial charge in [-0.05, 0) is 5.92 Å². The van der Waals surface area contributed by atoms with Crippen LogP contribution in [0.25, 0.3) is 0 Å². The molecule has 1 heterocycles. The summed E-state index contributed by atoms with van der Waals surface area (Å²) in [5.41, 5.74) is 0. The second-order valence-corrected chi connectivity index (χ2v) is 4.25. The highest BCUT2D eigenvalue weighted by molar-refractivity contribution is 6.05. The lowest BCUT2D eigenvalue weighted by atomic mass is 10.0. The molecule has 1 aliphatic heterocycles. The summed E-state index contributed by atoms with van der Waals surface area (Å²) in [6, 6.07) is -0.611. The van der Waals surface area contributed by atoms with Gasteiger partial charge in [0.1, 0.15) is 0 Å². The number of likely N-dealkylation sites (N-methyl/N-ethyl adjacent to an activating group) is 1. The molecule has 0 aromatic carbocycles. The highest BCUT2D eigenvalue weighted by Crippen LogP contribution is 2.13. The van der Waals surface area contributed by atoms with Crippen LogP contribution in [0.3, 0.4) is 0 Å². The van der Waals surface area contributed by atoms with Crippen LogP contribution < -0.4 is 5.32 Å². The van der Waals surface area contributed by atoms with Gasteiger partial charge in [-0.15, -0.1) is 0 Å². The van der Waals surface area contributed by atoms with E-state index in [1.54, 1.807) is 0 Å². The van der Waals surface area contributed by atoms with E-state index in [1.807, 2.05) is 13.8 Å². The molecular weight excluding hydrogens is 196 g/mol. The lowest BCUT2D eigenvalue weighted by molar-refractivity contribution is -0.137. The highest BCUT2D eigenvalue weighted by Gasteiger charge is 2.37. The molecule has 1 rings (SSSR count). The largest absolute Gasteiger partial charge is 0.395 e. The minimum atomic E-state index is -0.470. The molecule has 0 spiro atoms. The van der Waals surface area contributed by atoms with E-state index in [4.69, 9.17) is 5.11 Å². The molecule has 15 heavy (non-hydrogen) atoms. The number of hydrogen-bond acceptors (Lipinski definition) is 4. The maximum atomic E-state index is 11.6. The summed E-state index contributed by atoms with van der Waals surface area (Å²) < 4.78 is 0. The van der Waals surface area contributed by atoms with Crippen molar-refractivity contribution in [3.05, 3.63) is 0 Å². The zero-order chi connectivity index (χ0) is 11.6. The SMILES string of the molecule is CC(C)C(CO)NC1CC(=O)N(C)C1=O. The van der Waals surface area contributed by atoms with Crippen molar-refractivity contribution >= 4 is 11.8 Å². The fourth-order valence-electron chi connectivity index (χ4n) is 1.60. The average Bonchev–Trinajstić information content (AvgIpc) is 2.42. The minimum Gasteiger partial charge on any atom is -0.395 e. The van der Waals surface area contributed by atoms with E-state index in [1.165, 1.54) is 7.05 Å². The molecule has 5 heteroatoms. The first kappa shape index (κ1) is 12.1. The summed E-state index contributed by atoms with van der Waals surface area (Å²) in [6.45, 7) is 3.89. The van der Waals surface area contributed by atoms with Gasteiger partial charge in [0, 0.05) is 13.1 Å². The Morgan fingerprint density at radius 2 is 2.13 bits per heavy atom. The molecule has 2 atom stereocenters. The molecule has 2 unspecified atom stereocenters. The minimum absolute atomic E-state index is 0.0284. The van der Waals surface area contributed by atoms with E-state index < -0.39 is 6.04 Å². The molecule has 0 saturated carbocycles. The first-order valence-electron chi connectivity index (χ1n) is 5.14. The Balaban J connectivity index is 2.59. The van der Waals surface area contributed by atoms with E-state index in [-0.39, 0.29) is 36.8 Å². The zero-order valence-corrected chi connectivity index (χ0v) is 9.36. The molecule has 1 fully saturated rings. The van der Waals surface area contributed by atoms with Gasteiger partial charge in [0.2, 0.25) is 11.8 Å². The Bertz CT molecular complexity index is 265. The lowest BCUT2D eigenvalue weighted by Crippen LogP contribution is -2.47. The number of carbonyl (C=O) groups is 2. The lowest BCUT2D eigenvalue weighted by Gasteiger charge is -2.22. The zero-order valence-electron chi connectivity index (χ0n) is 9.36. The second kappa shape index (κ2) is 4.72. The first-order chi connectivity index (χ1) is 6.97. The van der Waals surface area contributed by atoms with Crippen molar-refractivity contribution in [2.45, 2.75) is 32.4 Å². The number of carbonyl (C=O) groups excluding carboxylic acids is 2. The summed E-state index contributed by atoms with van der Waals surface area (Å²) >= 11 is 0. The van der Waals surface area contributed by atoms with Crippen molar-refractivity contribution in [2.75, 3.05) is 13.7 Å². The monoisotopic (exact) mass is 214 g/mol. The standard InChI is InChI=1S/C10H18N2O3/c1-6(2)8(5-13)11-7-4-9(14)12(3)10(7)15/h6-8,11,13H,4-5H2,1-3H3. The van der Waals surface area contributed by atoms with Crippen LogP contribution in [-0.2, 0) is 9.59 Å². The second-order valence-electron chi connectivity index (χ2n) is 4.25. The maximum Gasteiger partial charge on any atom is 0.246 e. The fourth-order valence-corrected chi connectivity index (χ4v) is 1.60. The van der Waals surface area contributed by atoms with Crippen molar-refractivity contribution in [1.29, 1.82) is 0 Å². The molecular formula is C10H18N2O3. The molecule has 2 amide bonds. The smallest absolute Gasteiger partial charge is 0.246 e. The van der Waals surface area contributed by atoms with Gasteiger partial charge < -0.3 is 10.4 Å². The van der Waals surface area contributed by atoms with Gasteiger partial charge in [0.25, 0.3) is 0 Å². The Morgan fingerprint density at radius 3 is 2.47 bits per heavy atom. The Kier molecular flexibility index (Phi) is 3.82. The third-order valence-corrected chi connectivity index (χ3v) is 2.80. The number of nitrogens with zero attached hydrogens (tertiary/aromatic N) is 1. The highest BCUT2D eigenvalue weighted by atomic mass is 16.3. The van der Waals surface area contributed by atoms with E-state index in [2.05, 4.69) is 5.32 Å². The summed E-state index contributed by atoms with van der Waals surface area (Å²) in [6.07, 6.45) is 0.193.